The summed E-state index contributed by atoms with van der Waals surface area (Å²) in [5, 5.41) is 3.68. The quantitative estimate of drug-likeness (QED) is 0.860. The molecule has 0 spiro atoms. The van der Waals surface area contributed by atoms with Crippen molar-refractivity contribution in [3.8, 4) is 5.75 Å². The summed E-state index contributed by atoms with van der Waals surface area (Å²) in [6.07, 6.45) is 3.56. The van der Waals surface area contributed by atoms with Crippen LogP contribution in [0, 0.1) is 6.92 Å². The molecule has 0 radical (unpaired) electrons. The number of amides is 1. The second-order valence-electron chi connectivity index (χ2n) is 4.36. The Bertz CT molecular complexity index is 610. The van der Waals surface area contributed by atoms with Crippen molar-refractivity contribution in [1.29, 1.82) is 0 Å². The van der Waals surface area contributed by atoms with Crippen LogP contribution in [0.3, 0.4) is 0 Å². The third-order valence-electron chi connectivity index (χ3n) is 2.74. The maximum Gasteiger partial charge on any atom is 0.234 e. The molecule has 1 aromatic heterocycles. The summed E-state index contributed by atoms with van der Waals surface area (Å²) >= 11 is 1.40. The van der Waals surface area contributed by atoms with Crippen molar-refractivity contribution in [2.24, 2.45) is 7.05 Å². The van der Waals surface area contributed by atoms with E-state index in [1.54, 1.807) is 13.3 Å². The number of aryl methyl sites for hydroxylation is 2. The van der Waals surface area contributed by atoms with E-state index < -0.39 is 0 Å². The number of hydrogen-bond acceptors (Lipinski definition) is 4. The first-order valence-electron chi connectivity index (χ1n) is 6.15. The van der Waals surface area contributed by atoms with E-state index in [2.05, 4.69) is 10.3 Å². The first-order chi connectivity index (χ1) is 9.60. The molecule has 1 N–H and O–H groups in total. The van der Waals surface area contributed by atoms with Crippen LogP contribution in [0.25, 0.3) is 0 Å². The molecule has 1 amide bonds. The molecule has 20 heavy (non-hydrogen) atoms. The van der Waals surface area contributed by atoms with Crippen molar-refractivity contribution in [2.45, 2.75) is 12.1 Å². The van der Waals surface area contributed by atoms with E-state index in [0.29, 0.717) is 17.2 Å². The number of methoxy groups -OCH3 is 1. The molecule has 0 atom stereocenters. The Morgan fingerprint density at radius 2 is 2.30 bits per heavy atom. The number of nitrogens with zero attached hydrogens (tertiary/aromatic N) is 2. The number of imidazole rings is 1. The van der Waals surface area contributed by atoms with Gasteiger partial charge in [0.05, 0.1) is 18.6 Å². The van der Waals surface area contributed by atoms with Crippen LogP contribution in [-0.2, 0) is 11.8 Å². The van der Waals surface area contributed by atoms with Crippen molar-refractivity contribution in [2.75, 3.05) is 18.2 Å². The molecule has 106 valence electrons. The Morgan fingerprint density at radius 1 is 1.50 bits per heavy atom. The van der Waals surface area contributed by atoms with Crippen molar-refractivity contribution in [3.05, 3.63) is 36.2 Å². The van der Waals surface area contributed by atoms with Crippen LogP contribution < -0.4 is 10.1 Å². The van der Waals surface area contributed by atoms with Gasteiger partial charge >= 0.3 is 0 Å². The molecule has 6 heteroatoms. The van der Waals surface area contributed by atoms with Gasteiger partial charge in [-0.25, -0.2) is 4.98 Å². The van der Waals surface area contributed by atoms with Gasteiger partial charge in [-0.1, -0.05) is 17.8 Å². The number of rotatable bonds is 5. The molecule has 5 nitrogen and oxygen atoms in total. The summed E-state index contributed by atoms with van der Waals surface area (Å²) in [4.78, 5) is 16.1. The largest absolute Gasteiger partial charge is 0.495 e. The number of thioether (sulfide) groups is 1. The molecule has 0 unspecified atom stereocenters. The molecule has 0 saturated heterocycles. The maximum atomic E-state index is 12.0. The number of carbonyl (C=O) groups is 1. The van der Waals surface area contributed by atoms with Gasteiger partial charge in [-0.15, -0.1) is 0 Å². The van der Waals surface area contributed by atoms with Crippen LogP contribution >= 0.6 is 11.8 Å². The first-order valence-corrected chi connectivity index (χ1v) is 7.13. The summed E-state index contributed by atoms with van der Waals surface area (Å²) in [5.41, 5.74) is 1.76. The molecule has 0 saturated carbocycles. The Labute approximate surface area is 122 Å². The minimum absolute atomic E-state index is 0.0816. The van der Waals surface area contributed by atoms with E-state index in [1.165, 1.54) is 11.8 Å². The molecule has 0 fully saturated rings. The molecule has 2 rings (SSSR count). The molecular weight excluding hydrogens is 274 g/mol. The summed E-state index contributed by atoms with van der Waals surface area (Å²) < 4.78 is 7.11. The SMILES string of the molecule is COc1ccc(C)cc1NC(=O)CSc1nccn1C. The van der Waals surface area contributed by atoms with Crippen LogP contribution in [0.5, 0.6) is 5.75 Å². The monoisotopic (exact) mass is 291 g/mol. The van der Waals surface area contributed by atoms with Crippen molar-refractivity contribution in [3.63, 3.8) is 0 Å². The summed E-state index contributed by atoms with van der Waals surface area (Å²) in [7, 11) is 3.49. The Balaban J connectivity index is 1.98. The molecule has 0 aliphatic heterocycles. The fourth-order valence-electron chi connectivity index (χ4n) is 1.73. The van der Waals surface area contributed by atoms with E-state index in [-0.39, 0.29) is 5.91 Å². The van der Waals surface area contributed by atoms with Gasteiger partial charge in [-0.05, 0) is 24.6 Å². The fraction of sp³-hybridized carbons (Fsp3) is 0.286. The zero-order valence-corrected chi connectivity index (χ0v) is 12.5. The number of aromatic nitrogens is 2. The molecule has 1 aromatic carbocycles. The lowest BCUT2D eigenvalue weighted by Crippen LogP contribution is -2.15. The minimum Gasteiger partial charge on any atom is -0.495 e. The standard InChI is InChI=1S/C14H17N3O2S/c1-10-4-5-12(19-3)11(8-10)16-13(18)9-20-14-15-6-7-17(14)2/h4-8H,9H2,1-3H3,(H,16,18). The number of carbonyl (C=O) groups excluding carboxylic acids is 1. The molecule has 0 bridgehead atoms. The third kappa shape index (κ3) is 3.54. The lowest BCUT2D eigenvalue weighted by Gasteiger charge is -2.10. The van der Waals surface area contributed by atoms with E-state index >= 15 is 0 Å². The number of benzene rings is 1. The van der Waals surface area contributed by atoms with Gasteiger partial charge in [0.15, 0.2) is 5.16 Å². The van der Waals surface area contributed by atoms with Gasteiger partial charge < -0.3 is 14.6 Å². The van der Waals surface area contributed by atoms with E-state index in [1.807, 2.05) is 42.9 Å². The Morgan fingerprint density at radius 3 is 2.95 bits per heavy atom. The average molecular weight is 291 g/mol. The molecular formula is C14H17N3O2S. The first kappa shape index (κ1) is 14.5. The Hall–Kier alpha value is -1.95. The maximum absolute atomic E-state index is 12.0. The van der Waals surface area contributed by atoms with Crippen LogP contribution in [0.4, 0.5) is 5.69 Å². The van der Waals surface area contributed by atoms with E-state index in [4.69, 9.17) is 4.74 Å². The highest BCUT2D eigenvalue weighted by Crippen LogP contribution is 2.25. The number of ether oxygens (including phenoxy) is 1. The lowest BCUT2D eigenvalue weighted by molar-refractivity contribution is -0.113. The topological polar surface area (TPSA) is 56.1 Å². The average Bonchev–Trinajstić information content (AvgIpc) is 2.82. The Kier molecular flexibility index (Phi) is 4.68. The second-order valence-corrected chi connectivity index (χ2v) is 5.30. The van der Waals surface area contributed by atoms with Gasteiger partial charge in [0.25, 0.3) is 0 Å². The van der Waals surface area contributed by atoms with Crippen molar-refractivity contribution in [1.82, 2.24) is 9.55 Å². The fourth-order valence-corrected chi connectivity index (χ4v) is 2.46. The number of nitrogens with one attached hydrogen (secondary N) is 1. The zero-order valence-electron chi connectivity index (χ0n) is 11.7. The van der Waals surface area contributed by atoms with E-state index in [9.17, 15) is 4.79 Å². The predicted molar refractivity (Wildman–Crippen MR) is 80.3 cm³/mol. The molecule has 2 aromatic rings. The minimum atomic E-state index is -0.0816. The van der Waals surface area contributed by atoms with Gasteiger partial charge in [-0.3, -0.25) is 4.79 Å². The second kappa shape index (κ2) is 6.47. The highest BCUT2D eigenvalue weighted by molar-refractivity contribution is 7.99. The molecule has 0 aliphatic rings. The zero-order chi connectivity index (χ0) is 14.5. The summed E-state index contributed by atoms with van der Waals surface area (Å²) in [6.45, 7) is 1.97. The molecule has 1 heterocycles. The highest BCUT2D eigenvalue weighted by Gasteiger charge is 2.09. The van der Waals surface area contributed by atoms with Crippen molar-refractivity contribution < 1.29 is 9.53 Å². The van der Waals surface area contributed by atoms with Crippen LogP contribution in [-0.4, -0.2) is 28.3 Å². The normalized spacial score (nSPS) is 10.3. The smallest absolute Gasteiger partial charge is 0.234 e. The van der Waals surface area contributed by atoms with Crippen LogP contribution in [0.1, 0.15) is 5.56 Å². The highest BCUT2D eigenvalue weighted by atomic mass is 32.2. The van der Waals surface area contributed by atoms with Crippen LogP contribution in [0.2, 0.25) is 0 Å². The van der Waals surface area contributed by atoms with Gasteiger partial charge in [0, 0.05) is 19.4 Å². The van der Waals surface area contributed by atoms with Gasteiger partial charge in [-0.2, -0.15) is 0 Å². The van der Waals surface area contributed by atoms with E-state index in [0.717, 1.165) is 10.7 Å². The number of anilines is 1. The molecule has 0 aliphatic carbocycles. The lowest BCUT2D eigenvalue weighted by atomic mass is 10.2. The summed E-state index contributed by atoms with van der Waals surface area (Å²) in [6, 6.07) is 5.68. The van der Waals surface area contributed by atoms with Gasteiger partial charge in [0.1, 0.15) is 5.75 Å². The predicted octanol–water partition coefficient (Wildman–Crippen LogP) is 2.47. The van der Waals surface area contributed by atoms with Crippen LogP contribution in [0.15, 0.2) is 35.7 Å². The number of hydrogen-bond donors (Lipinski definition) is 1. The van der Waals surface area contributed by atoms with Gasteiger partial charge in [0.2, 0.25) is 5.91 Å². The third-order valence-corrected chi connectivity index (χ3v) is 3.80. The summed E-state index contributed by atoms with van der Waals surface area (Å²) in [5.74, 6) is 0.884. The van der Waals surface area contributed by atoms with Crippen molar-refractivity contribution >= 4 is 23.4 Å².